The van der Waals surface area contributed by atoms with Gasteiger partial charge in [-0.15, -0.1) is 22.7 Å². The van der Waals surface area contributed by atoms with Crippen LogP contribution in [0.3, 0.4) is 0 Å². The Labute approximate surface area is 209 Å². The average molecular weight is 484 g/mol. The zero-order valence-corrected chi connectivity index (χ0v) is 23.3. The van der Waals surface area contributed by atoms with Gasteiger partial charge in [0.25, 0.3) is 0 Å². The maximum absolute atomic E-state index is 4.46. The Morgan fingerprint density at radius 1 is 0.758 bits per heavy atom. The van der Waals surface area contributed by atoms with Crippen molar-refractivity contribution in [1.82, 2.24) is 15.0 Å². The molecule has 180 valence electrons. The molecule has 0 saturated heterocycles. The predicted molar refractivity (Wildman–Crippen MR) is 144 cm³/mol. The topological polar surface area (TPSA) is 38.7 Å². The second kappa shape index (κ2) is 10.8. The molecule has 0 unspecified atom stereocenters. The van der Waals surface area contributed by atoms with E-state index in [1.807, 2.05) is 41.1 Å². The van der Waals surface area contributed by atoms with Gasteiger partial charge >= 0.3 is 0 Å². The minimum absolute atomic E-state index is 0.255. The van der Waals surface area contributed by atoms with Crippen molar-refractivity contribution in [1.29, 1.82) is 0 Å². The molecule has 0 radical (unpaired) electrons. The highest BCUT2D eigenvalue weighted by molar-refractivity contribution is 7.12. The first kappa shape index (κ1) is 26.0. The van der Waals surface area contributed by atoms with Gasteiger partial charge in [-0.1, -0.05) is 61.5 Å². The third-order valence-electron chi connectivity index (χ3n) is 5.63. The van der Waals surface area contributed by atoms with Crippen molar-refractivity contribution in [3.63, 3.8) is 0 Å². The number of rotatable bonds is 3. The van der Waals surface area contributed by atoms with Crippen molar-refractivity contribution >= 4 is 22.7 Å². The summed E-state index contributed by atoms with van der Waals surface area (Å²) in [6, 6.07) is 6.13. The van der Waals surface area contributed by atoms with Gasteiger partial charge in [0.05, 0.1) is 10.0 Å². The van der Waals surface area contributed by atoms with Crippen molar-refractivity contribution in [2.75, 3.05) is 0 Å². The van der Waals surface area contributed by atoms with Crippen molar-refractivity contribution in [2.24, 2.45) is 0 Å². The monoisotopic (exact) mass is 483 g/mol. The lowest BCUT2D eigenvalue weighted by Gasteiger charge is -2.14. The first-order valence-corrected chi connectivity index (χ1v) is 13.9. The molecule has 3 heterocycles. The normalized spacial score (nSPS) is 16.0. The lowest BCUT2D eigenvalue weighted by Crippen LogP contribution is -2.07. The summed E-state index contributed by atoms with van der Waals surface area (Å²) in [6.07, 6.45) is 11.3. The van der Waals surface area contributed by atoms with Crippen LogP contribution in [0.25, 0.3) is 0 Å². The molecule has 0 spiro atoms. The van der Waals surface area contributed by atoms with Crippen molar-refractivity contribution in [3.05, 3.63) is 62.3 Å². The molecule has 0 bridgehead atoms. The molecule has 0 N–H and O–H groups in total. The first-order valence-electron chi connectivity index (χ1n) is 12.3. The molecule has 2 fully saturated rings. The van der Waals surface area contributed by atoms with E-state index < -0.39 is 0 Å². The number of hydrogen-bond donors (Lipinski definition) is 0. The summed E-state index contributed by atoms with van der Waals surface area (Å²) in [7, 11) is 0. The smallest absolute Gasteiger partial charge is 0.0958 e. The van der Waals surface area contributed by atoms with E-state index in [0.717, 1.165) is 11.8 Å². The molecule has 0 aromatic carbocycles. The second-order valence-electron chi connectivity index (χ2n) is 11.6. The third kappa shape index (κ3) is 8.29. The Morgan fingerprint density at radius 2 is 1.33 bits per heavy atom. The molecule has 3 aromatic rings. The summed E-state index contributed by atoms with van der Waals surface area (Å²) in [5.41, 5.74) is 1.81. The fraction of sp³-hybridized carbons (Fsp3) is 0.607. The quantitative estimate of drug-likeness (QED) is 0.373. The van der Waals surface area contributed by atoms with Gasteiger partial charge in [0, 0.05) is 51.8 Å². The van der Waals surface area contributed by atoms with Gasteiger partial charge in [0.2, 0.25) is 0 Å². The molecule has 0 amide bonds. The number of hydrogen-bond acceptors (Lipinski definition) is 5. The molecule has 0 atom stereocenters. The van der Waals surface area contributed by atoms with E-state index in [1.54, 1.807) is 0 Å². The molecule has 5 heteroatoms. The minimum atomic E-state index is 0.255. The highest BCUT2D eigenvalue weighted by atomic mass is 32.1. The van der Waals surface area contributed by atoms with E-state index in [-0.39, 0.29) is 10.8 Å². The molecule has 3 nitrogen and oxygen atoms in total. The SMILES string of the molecule is CC(C)(C)c1cnc(C2CC2)s1.CC(C)c1ncc(C(C)(C)C)s1.c1ccc(C2CC2)nc1. The lowest BCUT2D eigenvalue weighted by molar-refractivity contribution is 0.602. The fourth-order valence-corrected chi connectivity index (χ4v) is 5.17. The summed E-state index contributed by atoms with van der Waals surface area (Å²) in [5.74, 6) is 2.17. The van der Waals surface area contributed by atoms with Gasteiger partial charge in [-0.25, -0.2) is 9.97 Å². The molecular weight excluding hydrogens is 442 g/mol. The zero-order valence-electron chi connectivity index (χ0n) is 21.7. The van der Waals surface area contributed by atoms with Crippen molar-refractivity contribution in [2.45, 2.75) is 110 Å². The van der Waals surface area contributed by atoms with Crippen LogP contribution in [-0.2, 0) is 10.8 Å². The molecule has 33 heavy (non-hydrogen) atoms. The fourth-order valence-electron chi connectivity index (χ4n) is 3.05. The van der Waals surface area contributed by atoms with Crippen LogP contribution in [0, 0.1) is 0 Å². The van der Waals surface area contributed by atoms with Gasteiger partial charge < -0.3 is 0 Å². The standard InChI is InChI=1S/C10H15NS.C10H17NS.C8H9N/c1-10(2,3)8-6-11-9(12-8)7-4-5-7;1-7(2)9-11-6-8(12-9)10(3,4)5;1-2-6-9-8(3-1)7-4-5-7/h6-7H,4-5H2,1-3H3;6-7H,1-5H3;1-3,6-7H,4-5H2. The molecular formula is C28H41N3S2. The molecule has 0 aliphatic heterocycles. The van der Waals surface area contributed by atoms with Gasteiger partial charge in [-0.3, -0.25) is 4.98 Å². The number of thiazole rings is 2. The van der Waals surface area contributed by atoms with Crippen LogP contribution in [0.5, 0.6) is 0 Å². The van der Waals surface area contributed by atoms with Crippen LogP contribution < -0.4 is 0 Å². The maximum atomic E-state index is 4.46. The molecule has 2 aliphatic rings. The van der Waals surface area contributed by atoms with Crippen LogP contribution in [0.15, 0.2) is 36.8 Å². The number of aromatic nitrogens is 3. The van der Waals surface area contributed by atoms with Crippen molar-refractivity contribution in [3.8, 4) is 0 Å². The molecule has 2 saturated carbocycles. The summed E-state index contributed by atoms with van der Waals surface area (Å²) in [4.78, 5) is 15.9. The van der Waals surface area contributed by atoms with E-state index in [0.29, 0.717) is 5.92 Å². The lowest BCUT2D eigenvalue weighted by atomic mass is 9.96. The molecule has 2 aliphatic carbocycles. The van der Waals surface area contributed by atoms with E-state index in [4.69, 9.17) is 0 Å². The summed E-state index contributed by atoms with van der Waals surface area (Å²) in [5, 5.41) is 2.61. The van der Waals surface area contributed by atoms with Gasteiger partial charge in [0.1, 0.15) is 0 Å². The Hall–Kier alpha value is -1.59. The number of nitrogens with zero attached hydrogens (tertiary/aromatic N) is 3. The first-order chi connectivity index (χ1) is 15.4. The van der Waals surface area contributed by atoms with Crippen molar-refractivity contribution < 1.29 is 0 Å². The Bertz CT molecular complexity index is 932. The largest absolute Gasteiger partial charge is 0.261 e. The van der Waals surface area contributed by atoms with Gasteiger partial charge in [-0.2, -0.15) is 0 Å². The average Bonchev–Trinajstić information content (AvgIpc) is 3.67. The Balaban J connectivity index is 0.000000141. The zero-order chi connectivity index (χ0) is 24.2. The molecule has 3 aromatic heterocycles. The highest BCUT2D eigenvalue weighted by Gasteiger charge is 2.28. The summed E-state index contributed by atoms with van der Waals surface area (Å²) < 4.78 is 0. The van der Waals surface area contributed by atoms with Crippen LogP contribution in [0.1, 0.15) is 124 Å². The highest BCUT2D eigenvalue weighted by Crippen LogP contribution is 2.43. The van der Waals surface area contributed by atoms with E-state index in [9.17, 15) is 0 Å². The summed E-state index contributed by atoms with van der Waals surface area (Å²) in [6.45, 7) is 17.8. The Kier molecular flexibility index (Phi) is 8.50. The third-order valence-corrected chi connectivity index (χ3v) is 8.94. The van der Waals surface area contributed by atoms with Crippen LogP contribution in [0.4, 0.5) is 0 Å². The van der Waals surface area contributed by atoms with Crippen LogP contribution >= 0.6 is 22.7 Å². The predicted octanol–water partition coefficient (Wildman–Crippen LogP) is 8.84. The van der Waals surface area contributed by atoms with Crippen LogP contribution in [0.2, 0.25) is 0 Å². The maximum Gasteiger partial charge on any atom is 0.0958 e. The summed E-state index contributed by atoms with van der Waals surface area (Å²) >= 11 is 3.74. The van der Waals surface area contributed by atoms with E-state index in [1.165, 1.54) is 51.1 Å². The Morgan fingerprint density at radius 3 is 1.73 bits per heavy atom. The molecule has 5 rings (SSSR count). The van der Waals surface area contributed by atoms with E-state index in [2.05, 4.69) is 88.7 Å². The second-order valence-corrected chi connectivity index (χ2v) is 13.7. The van der Waals surface area contributed by atoms with Gasteiger partial charge in [0.15, 0.2) is 0 Å². The van der Waals surface area contributed by atoms with E-state index >= 15 is 0 Å². The van der Waals surface area contributed by atoms with Crippen LogP contribution in [-0.4, -0.2) is 15.0 Å². The number of pyridine rings is 1. The van der Waals surface area contributed by atoms with Gasteiger partial charge in [-0.05, 0) is 48.6 Å². The minimum Gasteiger partial charge on any atom is -0.261 e.